The van der Waals surface area contributed by atoms with E-state index in [2.05, 4.69) is 30.2 Å². The van der Waals surface area contributed by atoms with Crippen LogP contribution in [0.4, 0.5) is 0 Å². The summed E-state index contributed by atoms with van der Waals surface area (Å²) in [6, 6.07) is 11.8. The molecule has 0 bridgehead atoms. The number of furan rings is 1. The Balaban J connectivity index is 2.09. The van der Waals surface area contributed by atoms with E-state index in [4.69, 9.17) is 16.0 Å². The van der Waals surface area contributed by atoms with Gasteiger partial charge in [-0.05, 0) is 43.3 Å². The molecular weight excluding hydrogens is 284 g/mol. The Labute approximate surface area is 128 Å². The first-order chi connectivity index (χ1) is 10.2. The highest BCUT2D eigenvalue weighted by Gasteiger charge is 2.19. The summed E-state index contributed by atoms with van der Waals surface area (Å²) in [5.74, 6) is 0.832. The van der Waals surface area contributed by atoms with E-state index in [9.17, 15) is 0 Å². The molecule has 0 aliphatic rings. The molecule has 3 rings (SSSR count). The van der Waals surface area contributed by atoms with E-state index in [1.807, 2.05) is 36.5 Å². The molecule has 0 saturated heterocycles. The van der Waals surface area contributed by atoms with Gasteiger partial charge in [-0.15, -0.1) is 0 Å². The molecule has 0 spiro atoms. The molecule has 0 aliphatic heterocycles. The summed E-state index contributed by atoms with van der Waals surface area (Å²) in [5.41, 5.74) is 2.86. The molecular formula is C17H17ClN2O. The van der Waals surface area contributed by atoms with Gasteiger partial charge in [0.25, 0.3) is 0 Å². The largest absolute Gasteiger partial charge is 0.457 e. The third-order valence-corrected chi connectivity index (χ3v) is 3.74. The summed E-state index contributed by atoms with van der Waals surface area (Å²) in [4.78, 5) is 4.47. The Kier molecular flexibility index (Phi) is 3.95. The Morgan fingerprint density at radius 2 is 2.14 bits per heavy atom. The number of hydrogen-bond donors (Lipinski definition) is 1. The number of fused-ring (bicyclic) bond motifs is 1. The highest BCUT2D eigenvalue weighted by Crippen LogP contribution is 2.31. The molecule has 0 fully saturated rings. The molecule has 0 radical (unpaired) electrons. The van der Waals surface area contributed by atoms with Crippen molar-refractivity contribution in [2.24, 2.45) is 0 Å². The van der Waals surface area contributed by atoms with Gasteiger partial charge in [0.05, 0.1) is 10.7 Å². The van der Waals surface area contributed by atoms with Crippen LogP contribution < -0.4 is 5.32 Å². The summed E-state index contributed by atoms with van der Waals surface area (Å²) >= 11 is 6.19. The van der Waals surface area contributed by atoms with Crippen LogP contribution in [-0.2, 0) is 0 Å². The molecule has 2 heterocycles. The number of rotatable bonds is 4. The molecule has 0 amide bonds. The average molecular weight is 301 g/mol. The third-order valence-electron chi connectivity index (χ3n) is 3.44. The van der Waals surface area contributed by atoms with Gasteiger partial charge in [0, 0.05) is 11.6 Å². The molecule has 108 valence electrons. The molecule has 3 aromatic rings. The van der Waals surface area contributed by atoms with Crippen molar-refractivity contribution in [1.29, 1.82) is 0 Å². The lowest BCUT2D eigenvalue weighted by molar-refractivity contribution is 0.471. The summed E-state index contributed by atoms with van der Waals surface area (Å²) in [6.45, 7) is 4.95. The fourth-order valence-corrected chi connectivity index (χ4v) is 2.68. The van der Waals surface area contributed by atoms with Crippen molar-refractivity contribution in [1.82, 2.24) is 10.3 Å². The Morgan fingerprint density at radius 1 is 1.29 bits per heavy atom. The fraction of sp³-hybridized carbons (Fsp3) is 0.235. The zero-order valence-electron chi connectivity index (χ0n) is 12.1. The number of aryl methyl sites for hydroxylation is 1. The first-order valence-electron chi connectivity index (χ1n) is 7.03. The second-order valence-electron chi connectivity index (χ2n) is 5.06. The van der Waals surface area contributed by atoms with E-state index in [-0.39, 0.29) is 6.04 Å². The Hall–Kier alpha value is -1.84. The number of nitrogens with one attached hydrogen (secondary N) is 1. The van der Waals surface area contributed by atoms with E-state index in [0.717, 1.165) is 29.0 Å². The molecule has 0 saturated carbocycles. The normalized spacial score (nSPS) is 12.7. The first-order valence-corrected chi connectivity index (χ1v) is 7.40. The van der Waals surface area contributed by atoms with Gasteiger partial charge in [0.2, 0.25) is 0 Å². The van der Waals surface area contributed by atoms with Gasteiger partial charge < -0.3 is 9.73 Å². The number of para-hydroxylation sites is 1. The van der Waals surface area contributed by atoms with Crippen LogP contribution in [0.25, 0.3) is 11.0 Å². The van der Waals surface area contributed by atoms with E-state index in [1.165, 1.54) is 5.56 Å². The van der Waals surface area contributed by atoms with E-state index >= 15 is 0 Å². The summed E-state index contributed by atoms with van der Waals surface area (Å²) in [6.07, 6.45) is 1.82. The van der Waals surface area contributed by atoms with Crippen molar-refractivity contribution in [3.05, 3.63) is 64.6 Å². The van der Waals surface area contributed by atoms with Crippen LogP contribution in [0.3, 0.4) is 0 Å². The van der Waals surface area contributed by atoms with Crippen molar-refractivity contribution in [3.63, 3.8) is 0 Å². The van der Waals surface area contributed by atoms with Crippen molar-refractivity contribution < 1.29 is 4.42 Å². The average Bonchev–Trinajstić information content (AvgIpc) is 2.90. The monoisotopic (exact) mass is 300 g/mol. The quantitative estimate of drug-likeness (QED) is 0.771. The first kappa shape index (κ1) is 14.1. The maximum atomic E-state index is 6.19. The standard InChI is InChI=1S/C17H17ClN2O/c1-3-19-16(14-9-11(2)7-8-20-14)15-10-12-5-4-6-13(18)17(12)21-15/h4-10,16,19H,3H2,1-2H3. The van der Waals surface area contributed by atoms with Crippen LogP contribution in [0.1, 0.15) is 30.0 Å². The molecule has 1 aromatic carbocycles. The zero-order valence-corrected chi connectivity index (χ0v) is 12.8. The number of hydrogen-bond acceptors (Lipinski definition) is 3. The molecule has 4 heteroatoms. The van der Waals surface area contributed by atoms with Gasteiger partial charge in [0.15, 0.2) is 5.58 Å². The minimum absolute atomic E-state index is 0.0710. The molecule has 1 unspecified atom stereocenters. The maximum absolute atomic E-state index is 6.19. The Morgan fingerprint density at radius 3 is 2.86 bits per heavy atom. The van der Waals surface area contributed by atoms with Crippen molar-refractivity contribution in [2.45, 2.75) is 19.9 Å². The smallest absolute Gasteiger partial charge is 0.152 e. The molecule has 21 heavy (non-hydrogen) atoms. The minimum Gasteiger partial charge on any atom is -0.457 e. The van der Waals surface area contributed by atoms with Crippen LogP contribution in [-0.4, -0.2) is 11.5 Å². The molecule has 0 aliphatic carbocycles. The zero-order chi connectivity index (χ0) is 14.8. The predicted octanol–water partition coefficient (Wildman–Crippen LogP) is 4.49. The molecule has 1 N–H and O–H groups in total. The second kappa shape index (κ2) is 5.88. The van der Waals surface area contributed by atoms with Crippen LogP contribution in [0.15, 0.2) is 47.0 Å². The van der Waals surface area contributed by atoms with Gasteiger partial charge >= 0.3 is 0 Å². The summed E-state index contributed by atoms with van der Waals surface area (Å²) in [7, 11) is 0. The molecule has 1 atom stereocenters. The highest BCUT2D eigenvalue weighted by molar-refractivity contribution is 6.34. The van der Waals surface area contributed by atoms with Crippen molar-refractivity contribution in [3.8, 4) is 0 Å². The van der Waals surface area contributed by atoms with E-state index < -0.39 is 0 Å². The van der Waals surface area contributed by atoms with E-state index in [1.54, 1.807) is 0 Å². The topological polar surface area (TPSA) is 38.1 Å². The highest BCUT2D eigenvalue weighted by atomic mass is 35.5. The number of halogens is 1. The lowest BCUT2D eigenvalue weighted by atomic mass is 10.1. The number of benzene rings is 1. The van der Waals surface area contributed by atoms with Gasteiger partial charge in [-0.1, -0.05) is 30.7 Å². The van der Waals surface area contributed by atoms with Gasteiger partial charge in [0.1, 0.15) is 11.8 Å². The minimum atomic E-state index is -0.0710. The lowest BCUT2D eigenvalue weighted by Gasteiger charge is -2.15. The summed E-state index contributed by atoms with van der Waals surface area (Å²) < 4.78 is 5.97. The van der Waals surface area contributed by atoms with Gasteiger partial charge in [-0.25, -0.2) is 0 Å². The maximum Gasteiger partial charge on any atom is 0.152 e. The van der Waals surface area contributed by atoms with Crippen LogP contribution in [0.2, 0.25) is 5.02 Å². The number of nitrogens with zero attached hydrogens (tertiary/aromatic N) is 1. The van der Waals surface area contributed by atoms with Crippen LogP contribution in [0.5, 0.6) is 0 Å². The second-order valence-corrected chi connectivity index (χ2v) is 5.46. The lowest BCUT2D eigenvalue weighted by Crippen LogP contribution is -2.22. The Bertz CT molecular complexity index is 766. The predicted molar refractivity (Wildman–Crippen MR) is 85.7 cm³/mol. The molecule has 2 aromatic heterocycles. The third kappa shape index (κ3) is 2.80. The SMILES string of the molecule is CCNC(c1cc(C)ccn1)c1cc2cccc(Cl)c2o1. The fourth-order valence-electron chi connectivity index (χ4n) is 2.46. The molecule has 3 nitrogen and oxygen atoms in total. The van der Waals surface area contributed by atoms with Crippen LogP contribution >= 0.6 is 11.6 Å². The van der Waals surface area contributed by atoms with Gasteiger partial charge in [-0.3, -0.25) is 4.98 Å². The van der Waals surface area contributed by atoms with Crippen molar-refractivity contribution >= 4 is 22.6 Å². The number of aromatic nitrogens is 1. The summed E-state index contributed by atoms with van der Waals surface area (Å²) in [5, 5.41) is 5.06. The van der Waals surface area contributed by atoms with E-state index in [0.29, 0.717) is 5.02 Å². The number of pyridine rings is 1. The van der Waals surface area contributed by atoms with Gasteiger partial charge in [-0.2, -0.15) is 0 Å². The van der Waals surface area contributed by atoms with Crippen LogP contribution in [0, 0.1) is 6.92 Å². The van der Waals surface area contributed by atoms with Crippen molar-refractivity contribution in [2.75, 3.05) is 6.54 Å².